The molecule has 1 atom stereocenters. The SMILES string of the molecule is Cc1cc(F)ccc1-c1ccc2c(c1)CN(C)[C@H]2CNc1cnccc1C(=O)O. The molecule has 1 aliphatic heterocycles. The van der Waals surface area contributed by atoms with Gasteiger partial charge in [-0.05, 0) is 66.1 Å². The maximum Gasteiger partial charge on any atom is 0.337 e. The van der Waals surface area contributed by atoms with Crippen LogP contribution in [0.3, 0.4) is 0 Å². The number of aryl methyl sites for hydroxylation is 1. The fourth-order valence-electron chi connectivity index (χ4n) is 4.00. The van der Waals surface area contributed by atoms with E-state index >= 15 is 0 Å². The highest BCUT2D eigenvalue weighted by Crippen LogP contribution is 2.36. The zero-order chi connectivity index (χ0) is 20.5. The predicted octanol–water partition coefficient (Wildman–Crippen LogP) is 4.49. The van der Waals surface area contributed by atoms with Gasteiger partial charge >= 0.3 is 5.97 Å². The molecule has 5 nitrogen and oxygen atoms in total. The summed E-state index contributed by atoms with van der Waals surface area (Å²) in [5.74, 6) is -1.20. The summed E-state index contributed by atoms with van der Waals surface area (Å²) in [6.07, 6.45) is 3.02. The van der Waals surface area contributed by atoms with Crippen LogP contribution in [-0.2, 0) is 6.54 Å². The lowest BCUT2D eigenvalue weighted by Crippen LogP contribution is -2.24. The van der Waals surface area contributed by atoms with Gasteiger partial charge in [-0.1, -0.05) is 18.2 Å². The van der Waals surface area contributed by atoms with Gasteiger partial charge < -0.3 is 10.4 Å². The first-order valence-corrected chi connectivity index (χ1v) is 9.45. The molecule has 0 radical (unpaired) electrons. The highest BCUT2D eigenvalue weighted by atomic mass is 19.1. The highest BCUT2D eigenvalue weighted by Gasteiger charge is 2.28. The molecule has 0 spiro atoms. The highest BCUT2D eigenvalue weighted by molar-refractivity contribution is 5.93. The molecule has 4 rings (SSSR count). The Hall–Kier alpha value is -3.25. The average Bonchev–Trinajstić information content (AvgIpc) is 3.00. The predicted molar refractivity (Wildman–Crippen MR) is 110 cm³/mol. The van der Waals surface area contributed by atoms with Gasteiger partial charge in [0.1, 0.15) is 5.82 Å². The van der Waals surface area contributed by atoms with Crippen LogP contribution in [0.15, 0.2) is 54.9 Å². The van der Waals surface area contributed by atoms with Gasteiger partial charge in [0.15, 0.2) is 0 Å². The molecular formula is C23H22FN3O2. The van der Waals surface area contributed by atoms with E-state index in [2.05, 4.69) is 40.4 Å². The van der Waals surface area contributed by atoms with E-state index in [0.29, 0.717) is 12.2 Å². The van der Waals surface area contributed by atoms with Crippen molar-refractivity contribution in [3.63, 3.8) is 0 Å². The molecule has 0 bridgehead atoms. The van der Waals surface area contributed by atoms with Crippen LogP contribution in [0.2, 0.25) is 0 Å². The van der Waals surface area contributed by atoms with Crippen LogP contribution in [0.1, 0.15) is 33.1 Å². The molecule has 0 fully saturated rings. The molecule has 6 heteroatoms. The Labute approximate surface area is 168 Å². The van der Waals surface area contributed by atoms with Crippen LogP contribution < -0.4 is 5.32 Å². The smallest absolute Gasteiger partial charge is 0.337 e. The number of halogens is 1. The number of rotatable bonds is 5. The van der Waals surface area contributed by atoms with E-state index in [1.54, 1.807) is 12.3 Å². The van der Waals surface area contributed by atoms with E-state index in [1.165, 1.54) is 29.5 Å². The number of anilines is 1. The Kier molecular flexibility index (Phi) is 5.03. The van der Waals surface area contributed by atoms with E-state index < -0.39 is 5.97 Å². The van der Waals surface area contributed by atoms with Gasteiger partial charge in [-0.15, -0.1) is 0 Å². The molecule has 2 N–H and O–H groups in total. The normalized spacial score (nSPS) is 15.9. The largest absolute Gasteiger partial charge is 0.478 e. The van der Waals surface area contributed by atoms with E-state index in [0.717, 1.165) is 23.2 Å². The minimum absolute atomic E-state index is 0.121. The molecule has 3 aromatic rings. The summed E-state index contributed by atoms with van der Waals surface area (Å²) in [4.78, 5) is 17.7. The van der Waals surface area contributed by atoms with Gasteiger partial charge in [-0.2, -0.15) is 0 Å². The Bertz CT molecular complexity index is 1080. The molecule has 148 valence electrons. The second-order valence-electron chi connectivity index (χ2n) is 7.41. The number of pyridine rings is 1. The van der Waals surface area contributed by atoms with Gasteiger partial charge in [0, 0.05) is 19.3 Å². The fraction of sp³-hybridized carbons (Fsp3) is 0.217. The first kappa shape index (κ1) is 19.1. The van der Waals surface area contributed by atoms with Crippen molar-refractivity contribution >= 4 is 11.7 Å². The van der Waals surface area contributed by atoms with Gasteiger partial charge in [0.05, 0.1) is 23.5 Å². The number of hydrogen-bond donors (Lipinski definition) is 2. The van der Waals surface area contributed by atoms with Crippen molar-refractivity contribution in [3.05, 3.63) is 82.9 Å². The molecule has 29 heavy (non-hydrogen) atoms. The number of aromatic nitrogens is 1. The maximum absolute atomic E-state index is 13.4. The average molecular weight is 391 g/mol. The van der Waals surface area contributed by atoms with Crippen molar-refractivity contribution in [1.82, 2.24) is 9.88 Å². The number of fused-ring (bicyclic) bond motifs is 1. The number of aromatic carboxylic acids is 1. The van der Waals surface area contributed by atoms with Crippen molar-refractivity contribution in [3.8, 4) is 11.1 Å². The number of carboxylic acids is 1. The van der Waals surface area contributed by atoms with Gasteiger partial charge in [-0.25, -0.2) is 9.18 Å². The number of benzene rings is 2. The molecular weight excluding hydrogens is 369 g/mol. The number of carboxylic acid groups (broad SMARTS) is 1. The van der Waals surface area contributed by atoms with Crippen molar-refractivity contribution in [2.45, 2.75) is 19.5 Å². The quantitative estimate of drug-likeness (QED) is 0.671. The summed E-state index contributed by atoms with van der Waals surface area (Å²) in [7, 11) is 2.05. The molecule has 2 heterocycles. The van der Waals surface area contributed by atoms with E-state index in [4.69, 9.17) is 0 Å². The molecule has 1 aliphatic rings. The van der Waals surface area contributed by atoms with Crippen LogP contribution in [-0.4, -0.2) is 34.6 Å². The summed E-state index contributed by atoms with van der Waals surface area (Å²) in [5, 5.41) is 12.6. The zero-order valence-electron chi connectivity index (χ0n) is 16.3. The summed E-state index contributed by atoms with van der Waals surface area (Å²) in [5.41, 5.74) is 6.17. The van der Waals surface area contributed by atoms with Crippen LogP contribution >= 0.6 is 0 Å². The van der Waals surface area contributed by atoms with Gasteiger partial charge in [0.25, 0.3) is 0 Å². The molecule has 0 unspecified atom stereocenters. The Morgan fingerprint density at radius 1 is 1.28 bits per heavy atom. The molecule has 0 aliphatic carbocycles. The standard InChI is InChI=1S/C23H22FN3O2/c1-14-9-17(24)4-6-18(14)15-3-5-19-16(10-15)13-27(2)22(19)12-26-21-11-25-8-7-20(21)23(28)29/h3-11,22,26H,12-13H2,1-2H3,(H,28,29)/t22-/m0/s1. The zero-order valence-corrected chi connectivity index (χ0v) is 16.3. The summed E-state index contributed by atoms with van der Waals surface area (Å²) in [6, 6.07) is 12.8. The third-order valence-electron chi connectivity index (χ3n) is 5.49. The van der Waals surface area contributed by atoms with Gasteiger partial charge in [-0.3, -0.25) is 9.88 Å². The van der Waals surface area contributed by atoms with Crippen LogP contribution in [0.4, 0.5) is 10.1 Å². The Balaban J connectivity index is 1.58. The van der Waals surface area contributed by atoms with Gasteiger partial charge in [0.2, 0.25) is 0 Å². The number of likely N-dealkylation sites (N-methyl/N-ethyl adjacent to an activating group) is 1. The first-order valence-electron chi connectivity index (χ1n) is 9.45. The first-order chi connectivity index (χ1) is 13.9. The van der Waals surface area contributed by atoms with E-state index in [-0.39, 0.29) is 17.4 Å². The third-order valence-corrected chi connectivity index (χ3v) is 5.49. The van der Waals surface area contributed by atoms with E-state index in [9.17, 15) is 14.3 Å². The summed E-state index contributed by atoms with van der Waals surface area (Å²) in [6.45, 7) is 3.29. The summed E-state index contributed by atoms with van der Waals surface area (Å²) >= 11 is 0. The van der Waals surface area contributed by atoms with Crippen molar-refractivity contribution in [2.24, 2.45) is 0 Å². The lowest BCUT2D eigenvalue weighted by Gasteiger charge is -2.22. The van der Waals surface area contributed by atoms with Crippen molar-refractivity contribution < 1.29 is 14.3 Å². The van der Waals surface area contributed by atoms with E-state index in [1.807, 2.05) is 13.0 Å². The Morgan fingerprint density at radius 3 is 2.86 bits per heavy atom. The molecule has 0 saturated carbocycles. The lowest BCUT2D eigenvalue weighted by molar-refractivity contribution is 0.0697. The lowest BCUT2D eigenvalue weighted by atomic mass is 9.95. The number of nitrogens with one attached hydrogen (secondary N) is 1. The molecule has 2 aromatic carbocycles. The Morgan fingerprint density at radius 2 is 2.10 bits per heavy atom. The van der Waals surface area contributed by atoms with Crippen molar-refractivity contribution in [1.29, 1.82) is 0 Å². The third kappa shape index (κ3) is 3.71. The second kappa shape index (κ2) is 7.64. The molecule has 1 aromatic heterocycles. The summed E-state index contributed by atoms with van der Waals surface area (Å²) < 4.78 is 13.4. The van der Waals surface area contributed by atoms with Crippen LogP contribution in [0.25, 0.3) is 11.1 Å². The number of hydrogen-bond acceptors (Lipinski definition) is 4. The topological polar surface area (TPSA) is 65.5 Å². The van der Waals surface area contributed by atoms with Crippen LogP contribution in [0, 0.1) is 12.7 Å². The molecule has 0 saturated heterocycles. The molecule has 0 amide bonds. The number of carbonyl (C=O) groups is 1. The van der Waals surface area contributed by atoms with Crippen LogP contribution in [0.5, 0.6) is 0 Å². The minimum atomic E-state index is -0.977. The maximum atomic E-state index is 13.4. The minimum Gasteiger partial charge on any atom is -0.478 e. The fourth-order valence-corrected chi connectivity index (χ4v) is 4.00. The van der Waals surface area contributed by atoms with Crippen molar-refractivity contribution in [2.75, 3.05) is 18.9 Å². The monoisotopic (exact) mass is 391 g/mol. The number of nitrogens with zero attached hydrogens (tertiary/aromatic N) is 2. The second-order valence-corrected chi connectivity index (χ2v) is 7.41.